The molecular formula is C12H12NP. The van der Waals surface area contributed by atoms with Crippen molar-refractivity contribution in [2.45, 2.75) is 6.42 Å². The molecule has 0 bridgehead atoms. The van der Waals surface area contributed by atoms with Gasteiger partial charge in [0.15, 0.2) is 0 Å². The first kappa shape index (κ1) is 9.36. The van der Waals surface area contributed by atoms with Crippen LogP contribution in [0.5, 0.6) is 0 Å². The minimum Gasteiger partial charge on any atom is -0.253 e. The molecule has 0 aliphatic rings. The van der Waals surface area contributed by atoms with Gasteiger partial charge in [0.25, 0.3) is 0 Å². The van der Waals surface area contributed by atoms with Gasteiger partial charge in [-0.3, -0.25) is 4.98 Å². The molecule has 1 unspecified atom stereocenters. The van der Waals surface area contributed by atoms with E-state index in [-0.39, 0.29) is 0 Å². The molecular weight excluding hydrogens is 189 g/mol. The summed E-state index contributed by atoms with van der Waals surface area (Å²) < 4.78 is 0. The molecule has 0 aliphatic carbocycles. The maximum atomic E-state index is 4.43. The quantitative estimate of drug-likeness (QED) is 0.678. The summed E-state index contributed by atoms with van der Waals surface area (Å²) in [5.74, 6) is 0. The second-order valence-electron chi connectivity index (χ2n) is 3.22. The molecule has 0 spiro atoms. The Kier molecular flexibility index (Phi) is 2.90. The Bertz CT molecular complexity index is 412. The van der Waals surface area contributed by atoms with Gasteiger partial charge < -0.3 is 0 Å². The van der Waals surface area contributed by atoms with Crippen molar-refractivity contribution in [3.05, 3.63) is 59.8 Å². The molecule has 1 atom stereocenters. The molecule has 2 rings (SSSR count). The fraction of sp³-hybridized carbons (Fsp3) is 0.0833. The first-order valence-corrected chi connectivity index (χ1v) is 5.18. The molecule has 0 fully saturated rings. The highest BCUT2D eigenvalue weighted by atomic mass is 31.0. The van der Waals surface area contributed by atoms with Crippen molar-refractivity contribution in [3.63, 3.8) is 0 Å². The van der Waals surface area contributed by atoms with E-state index in [9.17, 15) is 0 Å². The molecule has 0 amide bonds. The summed E-state index contributed by atoms with van der Waals surface area (Å²) in [6.45, 7) is 0. The van der Waals surface area contributed by atoms with E-state index in [2.05, 4.69) is 44.6 Å². The fourth-order valence-corrected chi connectivity index (χ4v) is 1.68. The van der Waals surface area contributed by atoms with Gasteiger partial charge in [0.1, 0.15) is 0 Å². The fourth-order valence-electron chi connectivity index (χ4n) is 1.40. The highest BCUT2D eigenvalue weighted by molar-refractivity contribution is 7.26. The highest BCUT2D eigenvalue weighted by Crippen LogP contribution is 2.05. The Labute approximate surface area is 86.4 Å². The third-order valence-corrected chi connectivity index (χ3v) is 2.38. The van der Waals surface area contributed by atoms with E-state index in [1.54, 1.807) is 0 Å². The number of benzene rings is 1. The van der Waals surface area contributed by atoms with E-state index in [1.165, 1.54) is 5.56 Å². The molecule has 0 saturated carbocycles. The van der Waals surface area contributed by atoms with Crippen LogP contribution in [0.15, 0.2) is 48.5 Å². The number of hydrogen-bond acceptors (Lipinski definition) is 1. The molecule has 70 valence electrons. The predicted molar refractivity (Wildman–Crippen MR) is 62.8 cm³/mol. The summed E-state index contributed by atoms with van der Waals surface area (Å²) in [5.41, 5.74) is 3.41. The second-order valence-corrected chi connectivity index (χ2v) is 3.81. The first-order valence-electron chi connectivity index (χ1n) is 4.60. The summed E-state index contributed by atoms with van der Waals surface area (Å²) in [6.07, 6.45) is 0.906. The van der Waals surface area contributed by atoms with Gasteiger partial charge >= 0.3 is 0 Å². The summed E-state index contributed by atoms with van der Waals surface area (Å²) in [5, 5.41) is 0. The van der Waals surface area contributed by atoms with Gasteiger partial charge in [-0.1, -0.05) is 45.6 Å². The minimum atomic E-state index is 0.906. The van der Waals surface area contributed by atoms with E-state index in [0.717, 1.165) is 17.5 Å². The van der Waals surface area contributed by atoms with Crippen molar-refractivity contribution in [1.29, 1.82) is 0 Å². The minimum absolute atomic E-state index is 0.906. The maximum absolute atomic E-state index is 4.43. The van der Waals surface area contributed by atoms with Gasteiger partial charge in [0, 0.05) is 12.1 Å². The standard InChI is InChI=1S/C12H12NP/c14-12-8-4-7-11(13-12)9-10-5-2-1-3-6-10/h1-8H,9,14H2. The number of rotatable bonds is 2. The van der Waals surface area contributed by atoms with E-state index in [1.807, 2.05) is 18.2 Å². The van der Waals surface area contributed by atoms with Crippen molar-refractivity contribution in [3.8, 4) is 0 Å². The molecule has 0 radical (unpaired) electrons. The van der Waals surface area contributed by atoms with Gasteiger partial charge in [-0.25, -0.2) is 0 Å². The summed E-state index contributed by atoms with van der Waals surface area (Å²) in [4.78, 5) is 4.43. The summed E-state index contributed by atoms with van der Waals surface area (Å²) in [7, 11) is 2.62. The highest BCUT2D eigenvalue weighted by Gasteiger charge is 1.96. The molecule has 1 aromatic carbocycles. The molecule has 0 saturated heterocycles. The monoisotopic (exact) mass is 201 g/mol. The lowest BCUT2D eigenvalue weighted by Gasteiger charge is -2.01. The predicted octanol–water partition coefficient (Wildman–Crippen LogP) is 2.17. The molecule has 2 heteroatoms. The lowest BCUT2D eigenvalue weighted by atomic mass is 10.1. The Hall–Kier alpha value is -1.20. The molecule has 0 aliphatic heterocycles. The lowest BCUT2D eigenvalue weighted by molar-refractivity contribution is 1.09. The van der Waals surface area contributed by atoms with E-state index >= 15 is 0 Å². The average molecular weight is 201 g/mol. The Morgan fingerprint density at radius 2 is 1.71 bits per heavy atom. The third-order valence-electron chi connectivity index (χ3n) is 2.06. The van der Waals surface area contributed by atoms with Crippen LogP contribution in [0.25, 0.3) is 0 Å². The maximum Gasteiger partial charge on any atom is 0.0572 e. The zero-order chi connectivity index (χ0) is 9.80. The van der Waals surface area contributed by atoms with Gasteiger partial charge in [-0.05, 0) is 17.7 Å². The van der Waals surface area contributed by atoms with Crippen molar-refractivity contribution in [1.82, 2.24) is 4.98 Å². The molecule has 1 aromatic heterocycles. The van der Waals surface area contributed by atoms with Crippen LogP contribution in [0, 0.1) is 0 Å². The SMILES string of the molecule is Pc1cccc(Cc2ccccc2)n1. The van der Waals surface area contributed by atoms with Gasteiger partial charge in [0.05, 0.1) is 5.44 Å². The van der Waals surface area contributed by atoms with E-state index < -0.39 is 0 Å². The van der Waals surface area contributed by atoms with Crippen molar-refractivity contribution >= 4 is 14.7 Å². The first-order chi connectivity index (χ1) is 6.84. The van der Waals surface area contributed by atoms with Crippen molar-refractivity contribution in [2.75, 3.05) is 0 Å². The second kappa shape index (κ2) is 4.34. The Morgan fingerprint density at radius 1 is 0.929 bits per heavy atom. The van der Waals surface area contributed by atoms with Crippen molar-refractivity contribution < 1.29 is 0 Å². The van der Waals surface area contributed by atoms with Gasteiger partial charge in [0.2, 0.25) is 0 Å². The zero-order valence-electron chi connectivity index (χ0n) is 7.85. The molecule has 1 nitrogen and oxygen atoms in total. The Balaban J connectivity index is 2.19. The normalized spacial score (nSPS) is 10.1. The van der Waals surface area contributed by atoms with Gasteiger partial charge in [-0.2, -0.15) is 0 Å². The smallest absolute Gasteiger partial charge is 0.0572 e. The van der Waals surface area contributed by atoms with Crippen molar-refractivity contribution in [2.24, 2.45) is 0 Å². The largest absolute Gasteiger partial charge is 0.253 e. The van der Waals surface area contributed by atoms with Crippen LogP contribution in [0.1, 0.15) is 11.3 Å². The van der Waals surface area contributed by atoms with Crippen LogP contribution in [-0.2, 0) is 6.42 Å². The number of nitrogens with zero attached hydrogens (tertiary/aromatic N) is 1. The van der Waals surface area contributed by atoms with Crippen LogP contribution < -0.4 is 5.44 Å². The van der Waals surface area contributed by atoms with Crippen LogP contribution in [-0.4, -0.2) is 4.98 Å². The van der Waals surface area contributed by atoms with E-state index in [4.69, 9.17) is 0 Å². The number of pyridine rings is 1. The average Bonchev–Trinajstić information content (AvgIpc) is 2.19. The number of hydrogen-bond donors (Lipinski definition) is 0. The molecule has 1 heterocycles. The summed E-state index contributed by atoms with van der Waals surface area (Å²) in [6, 6.07) is 16.5. The van der Waals surface area contributed by atoms with Crippen LogP contribution in [0.2, 0.25) is 0 Å². The Morgan fingerprint density at radius 3 is 2.43 bits per heavy atom. The molecule has 0 N–H and O–H groups in total. The third kappa shape index (κ3) is 2.40. The number of aromatic nitrogens is 1. The summed E-state index contributed by atoms with van der Waals surface area (Å²) >= 11 is 0. The molecule has 14 heavy (non-hydrogen) atoms. The zero-order valence-corrected chi connectivity index (χ0v) is 9.01. The van der Waals surface area contributed by atoms with Crippen LogP contribution in [0.3, 0.4) is 0 Å². The molecule has 2 aromatic rings. The van der Waals surface area contributed by atoms with Gasteiger partial charge in [-0.15, -0.1) is 0 Å². The lowest BCUT2D eigenvalue weighted by Crippen LogP contribution is -2.01. The topological polar surface area (TPSA) is 12.9 Å². The van der Waals surface area contributed by atoms with E-state index in [0.29, 0.717) is 0 Å². The van der Waals surface area contributed by atoms with Crippen LogP contribution in [0.4, 0.5) is 0 Å². The van der Waals surface area contributed by atoms with Crippen LogP contribution >= 0.6 is 9.24 Å².